The number of rotatable bonds is 7. The maximum absolute atomic E-state index is 6.10. The van der Waals surface area contributed by atoms with Gasteiger partial charge in [-0.05, 0) is 51.3 Å². The largest absolute Gasteiger partial charge is 0.490 e. The quantitative estimate of drug-likeness (QED) is 0.590. The number of ether oxygens (including phenoxy) is 1. The summed E-state index contributed by atoms with van der Waals surface area (Å²) >= 11 is 0. The van der Waals surface area contributed by atoms with Crippen LogP contribution in [-0.2, 0) is 6.54 Å². The number of nitrogens with zero attached hydrogens (tertiary/aromatic N) is 2. The van der Waals surface area contributed by atoms with Crippen molar-refractivity contribution in [2.24, 2.45) is 4.99 Å². The maximum atomic E-state index is 6.10. The Morgan fingerprint density at radius 2 is 1.92 bits per heavy atom. The number of nitrogens with one attached hydrogen (secondary N) is 2. The number of guanidine groups is 1. The lowest BCUT2D eigenvalue weighted by molar-refractivity contribution is 0.119. The Kier molecular flexibility index (Phi) is 6.98. The minimum atomic E-state index is 0.406. The highest BCUT2D eigenvalue weighted by molar-refractivity contribution is 5.79. The van der Waals surface area contributed by atoms with Crippen LogP contribution in [-0.4, -0.2) is 50.2 Å². The summed E-state index contributed by atoms with van der Waals surface area (Å²) in [5.41, 5.74) is 1.19. The van der Waals surface area contributed by atoms with Gasteiger partial charge in [-0.25, -0.2) is 0 Å². The van der Waals surface area contributed by atoms with Crippen molar-refractivity contribution >= 4 is 5.96 Å². The first-order valence-electron chi connectivity index (χ1n) is 9.76. The van der Waals surface area contributed by atoms with Crippen LogP contribution in [0.4, 0.5) is 0 Å². The molecule has 1 aromatic rings. The molecule has 2 aliphatic rings. The molecule has 0 spiro atoms. The fraction of sp³-hybridized carbons (Fsp3) is 0.650. The third-order valence-electron chi connectivity index (χ3n) is 5.16. The molecular formula is C20H32N4O. The van der Waals surface area contributed by atoms with Gasteiger partial charge < -0.3 is 20.3 Å². The molecule has 0 atom stereocenters. The molecular weight excluding hydrogens is 312 g/mol. The third kappa shape index (κ3) is 5.63. The fourth-order valence-electron chi connectivity index (χ4n) is 3.35. The number of benzene rings is 1. The smallest absolute Gasteiger partial charge is 0.191 e. The number of aliphatic imine (C=N–C) groups is 1. The molecule has 3 rings (SSSR count). The molecule has 0 aromatic heterocycles. The van der Waals surface area contributed by atoms with Gasteiger partial charge in [0.1, 0.15) is 5.75 Å². The van der Waals surface area contributed by atoms with Crippen molar-refractivity contribution in [2.45, 2.75) is 51.2 Å². The van der Waals surface area contributed by atoms with Gasteiger partial charge in [0.05, 0.1) is 6.10 Å². The Hall–Kier alpha value is -1.75. The van der Waals surface area contributed by atoms with Gasteiger partial charge in [0.2, 0.25) is 0 Å². The Morgan fingerprint density at radius 1 is 1.12 bits per heavy atom. The lowest BCUT2D eigenvalue weighted by Gasteiger charge is -2.28. The van der Waals surface area contributed by atoms with Crippen LogP contribution in [0.25, 0.3) is 0 Å². The molecule has 0 amide bonds. The first-order valence-corrected chi connectivity index (χ1v) is 9.76. The zero-order valence-corrected chi connectivity index (χ0v) is 15.5. The number of para-hydroxylation sites is 1. The van der Waals surface area contributed by atoms with E-state index in [1.54, 1.807) is 0 Å². The lowest BCUT2D eigenvalue weighted by Crippen LogP contribution is -2.42. The molecule has 1 aliphatic heterocycles. The number of hydrogen-bond donors (Lipinski definition) is 2. The minimum Gasteiger partial charge on any atom is -0.490 e. The van der Waals surface area contributed by atoms with Crippen LogP contribution in [0.15, 0.2) is 29.3 Å². The van der Waals surface area contributed by atoms with E-state index < -0.39 is 0 Å². The summed E-state index contributed by atoms with van der Waals surface area (Å²) in [6.45, 7) is 5.22. The van der Waals surface area contributed by atoms with E-state index in [0.29, 0.717) is 6.10 Å². The summed E-state index contributed by atoms with van der Waals surface area (Å²) < 4.78 is 6.10. The van der Waals surface area contributed by atoms with Crippen LogP contribution in [0.2, 0.25) is 0 Å². The Bertz CT molecular complexity index is 550. The van der Waals surface area contributed by atoms with E-state index in [9.17, 15) is 0 Å². The molecule has 2 N–H and O–H groups in total. The van der Waals surface area contributed by atoms with Crippen LogP contribution in [0, 0.1) is 0 Å². The Morgan fingerprint density at radius 3 is 2.64 bits per heavy atom. The van der Waals surface area contributed by atoms with Gasteiger partial charge in [0, 0.05) is 32.2 Å². The van der Waals surface area contributed by atoms with Crippen molar-refractivity contribution in [1.82, 2.24) is 15.5 Å². The summed E-state index contributed by atoms with van der Waals surface area (Å²) in [5.74, 6) is 1.86. The monoisotopic (exact) mass is 344 g/mol. The predicted molar refractivity (Wildman–Crippen MR) is 103 cm³/mol. The fourth-order valence-corrected chi connectivity index (χ4v) is 3.35. The molecule has 2 fully saturated rings. The molecule has 1 saturated carbocycles. The van der Waals surface area contributed by atoms with Crippen LogP contribution in [0.3, 0.4) is 0 Å². The Balaban J connectivity index is 1.43. The lowest BCUT2D eigenvalue weighted by atomic mass is 9.96. The van der Waals surface area contributed by atoms with Crippen molar-refractivity contribution in [2.75, 3.05) is 33.2 Å². The minimum absolute atomic E-state index is 0.406. The second kappa shape index (κ2) is 9.66. The average molecular weight is 345 g/mol. The molecule has 1 aromatic carbocycles. The zero-order chi connectivity index (χ0) is 17.3. The van der Waals surface area contributed by atoms with Crippen molar-refractivity contribution in [3.05, 3.63) is 29.8 Å². The highest BCUT2D eigenvalue weighted by atomic mass is 16.5. The highest BCUT2D eigenvalue weighted by Crippen LogP contribution is 2.27. The molecule has 0 radical (unpaired) electrons. The first kappa shape index (κ1) is 18.1. The number of likely N-dealkylation sites (tertiary alicyclic amines) is 1. The topological polar surface area (TPSA) is 48.9 Å². The van der Waals surface area contributed by atoms with Crippen molar-refractivity contribution in [3.8, 4) is 5.75 Å². The molecule has 5 heteroatoms. The van der Waals surface area contributed by atoms with Crippen molar-refractivity contribution in [1.29, 1.82) is 0 Å². The predicted octanol–water partition coefficient (Wildman–Crippen LogP) is 2.77. The summed E-state index contributed by atoms with van der Waals surface area (Å²) in [6, 6.07) is 8.31. The number of piperidine rings is 1. The van der Waals surface area contributed by atoms with Crippen molar-refractivity contribution < 1.29 is 4.74 Å². The van der Waals surface area contributed by atoms with Gasteiger partial charge in [-0.2, -0.15) is 0 Å². The highest BCUT2D eigenvalue weighted by Gasteiger charge is 2.20. The summed E-state index contributed by atoms with van der Waals surface area (Å²) in [5, 5.41) is 6.84. The van der Waals surface area contributed by atoms with Crippen LogP contribution < -0.4 is 15.4 Å². The van der Waals surface area contributed by atoms with Crippen molar-refractivity contribution in [3.63, 3.8) is 0 Å². The van der Waals surface area contributed by atoms with Crippen LogP contribution >= 0.6 is 0 Å². The van der Waals surface area contributed by atoms with Gasteiger partial charge in [0.15, 0.2) is 5.96 Å². The molecule has 1 heterocycles. The second-order valence-corrected chi connectivity index (χ2v) is 7.03. The van der Waals surface area contributed by atoms with Crippen LogP contribution in [0.5, 0.6) is 5.75 Å². The molecule has 0 bridgehead atoms. The third-order valence-corrected chi connectivity index (χ3v) is 5.16. The summed E-state index contributed by atoms with van der Waals surface area (Å²) in [4.78, 5) is 6.87. The summed E-state index contributed by atoms with van der Waals surface area (Å²) in [7, 11) is 1.83. The zero-order valence-electron chi connectivity index (χ0n) is 15.5. The Labute approximate surface area is 151 Å². The van der Waals surface area contributed by atoms with E-state index in [2.05, 4.69) is 38.7 Å². The SMILES string of the molecule is CN=C(NCCN1CCCCC1)NCc1ccccc1OC1CCC1. The van der Waals surface area contributed by atoms with E-state index in [1.807, 2.05) is 13.1 Å². The second-order valence-electron chi connectivity index (χ2n) is 7.03. The van der Waals surface area contributed by atoms with Gasteiger partial charge in [-0.1, -0.05) is 24.6 Å². The molecule has 1 aliphatic carbocycles. The van der Waals surface area contributed by atoms with Gasteiger partial charge in [0.25, 0.3) is 0 Å². The van der Waals surface area contributed by atoms with E-state index in [-0.39, 0.29) is 0 Å². The normalized spacial score (nSPS) is 19.3. The van der Waals surface area contributed by atoms with E-state index in [0.717, 1.165) is 31.3 Å². The van der Waals surface area contributed by atoms with Crippen LogP contribution in [0.1, 0.15) is 44.1 Å². The molecule has 138 valence electrons. The van der Waals surface area contributed by atoms with Gasteiger partial charge >= 0.3 is 0 Å². The number of hydrogen-bond acceptors (Lipinski definition) is 3. The molecule has 5 nitrogen and oxygen atoms in total. The first-order chi connectivity index (χ1) is 12.3. The van der Waals surface area contributed by atoms with Gasteiger partial charge in [-0.3, -0.25) is 4.99 Å². The van der Waals surface area contributed by atoms with E-state index >= 15 is 0 Å². The standard InChI is InChI=1S/C20H32N4O/c1-21-20(22-12-15-24-13-5-2-6-14-24)23-16-17-8-3-4-11-19(17)25-18-9-7-10-18/h3-4,8,11,18H,2,5-7,9-10,12-16H2,1H3,(H2,21,22,23). The average Bonchev–Trinajstić information content (AvgIpc) is 2.63. The van der Waals surface area contributed by atoms with E-state index in [1.165, 1.54) is 57.2 Å². The van der Waals surface area contributed by atoms with Gasteiger partial charge in [-0.15, -0.1) is 0 Å². The summed E-state index contributed by atoms with van der Waals surface area (Å²) in [6.07, 6.45) is 8.12. The van der Waals surface area contributed by atoms with E-state index in [4.69, 9.17) is 4.74 Å². The molecule has 1 saturated heterocycles. The molecule has 0 unspecified atom stereocenters. The molecule has 25 heavy (non-hydrogen) atoms. The maximum Gasteiger partial charge on any atom is 0.191 e.